The van der Waals surface area contributed by atoms with Gasteiger partial charge in [-0.05, 0) is 50.6 Å². The summed E-state index contributed by atoms with van der Waals surface area (Å²) in [6.07, 6.45) is 7.44. The van der Waals surface area contributed by atoms with Gasteiger partial charge in [0.2, 0.25) is 0 Å². The van der Waals surface area contributed by atoms with Crippen molar-refractivity contribution in [1.29, 1.82) is 0 Å². The van der Waals surface area contributed by atoms with E-state index in [0.29, 0.717) is 11.8 Å². The van der Waals surface area contributed by atoms with Crippen molar-refractivity contribution >= 4 is 10.1 Å². The van der Waals surface area contributed by atoms with Crippen molar-refractivity contribution in [3.63, 3.8) is 0 Å². The Bertz CT molecular complexity index is 360. The highest BCUT2D eigenvalue weighted by molar-refractivity contribution is 7.85. The Kier molecular flexibility index (Phi) is 6.23. The zero-order chi connectivity index (χ0) is 14.5. The average molecular weight is 292 g/mol. The lowest BCUT2D eigenvalue weighted by Crippen LogP contribution is -2.51. The molecule has 2 fully saturated rings. The minimum atomic E-state index is -3.67. The number of hydrogen-bond donors (Lipinski definition) is 3. The molecule has 0 amide bonds. The minimum absolute atomic E-state index is 0.132. The van der Waals surface area contributed by atoms with Crippen LogP contribution in [0, 0.1) is 11.3 Å². The fraction of sp³-hybridized carbons (Fsp3) is 1.00. The summed E-state index contributed by atoms with van der Waals surface area (Å²) in [5.74, 6) is 0.902. The van der Waals surface area contributed by atoms with Gasteiger partial charge in [-0.1, -0.05) is 19.8 Å². The summed E-state index contributed by atoms with van der Waals surface area (Å²) >= 11 is 0. The van der Waals surface area contributed by atoms with Crippen LogP contribution >= 0.6 is 0 Å². The molecule has 0 aromatic rings. The molecule has 0 radical (unpaired) electrons. The molecule has 5 nitrogen and oxygen atoms in total. The fourth-order valence-electron chi connectivity index (χ4n) is 2.80. The lowest BCUT2D eigenvalue weighted by Gasteiger charge is -2.47. The van der Waals surface area contributed by atoms with Gasteiger partial charge in [0.05, 0.1) is 5.75 Å². The molecule has 0 unspecified atom stereocenters. The Labute approximate surface area is 117 Å². The zero-order valence-corrected chi connectivity index (χ0v) is 12.9. The molecule has 0 atom stereocenters. The number of nitrogens with two attached hydrogens (primary N) is 1. The van der Waals surface area contributed by atoms with Crippen LogP contribution in [0.15, 0.2) is 0 Å². The molecule has 114 valence electrons. The van der Waals surface area contributed by atoms with Crippen LogP contribution in [0.4, 0.5) is 0 Å². The van der Waals surface area contributed by atoms with Gasteiger partial charge in [0.25, 0.3) is 10.1 Å². The average Bonchev–Trinajstić information content (AvgIpc) is 3.06. The Balaban J connectivity index is 0.000000224. The highest BCUT2D eigenvalue weighted by Gasteiger charge is 2.45. The largest absolute Gasteiger partial charge is 0.330 e. The maximum atomic E-state index is 9.79. The van der Waals surface area contributed by atoms with E-state index in [1.54, 1.807) is 6.92 Å². The summed E-state index contributed by atoms with van der Waals surface area (Å²) in [4.78, 5) is 0. The van der Waals surface area contributed by atoms with Crippen LogP contribution in [0.1, 0.15) is 45.4 Å². The molecule has 2 saturated carbocycles. The fourth-order valence-corrected chi connectivity index (χ4v) is 3.31. The van der Waals surface area contributed by atoms with Gasteiger partial charge in [0.1, 0.15) is 0 Å². The quantitative estimate of drug-likeness (QED) is 0.644. The molecule has 2 aliphatic rings. The second-order valence-electron chi connectivity index (χ2n) is 6.03. The van der Waals surface area contributed by atoms with Gasteiger partial charge < -0.3 is 11.1 Å². The highest BCUT2D eigenvalue weighted by atomic mass is 32.2. The molecule has 0 spiro atoms. The molecule has 4 N–H and O–H groups in total. The summed E-state index contributed by atoms with van der Waals surface area (Å²) in [6.45, 7) is 2.59. The van der Waals surface area contributed by atoms with E-state index in [2.05, 4.69) is 12.4 Å². The van der Waals surface area contributed by atoms with E-state index < -0.39 is 10.1 Å². The molecule has 2 aliphatic carbocycles. The van der Waals surface area contributed by atoms with Crippen LogP contribution in [0.3, 0.4) is 0 Å². The summed E-state index contributed by atoms with van der Waals surface area (Å²) in [5, 5.41) is 3.33. The standard InChI is InChI=1S/C10H20N2.C3H8O3S/c1-12-9-5-10(6-9,7-11)4-8-2-3-8;1-2-3-7(4,5)6/h8-9,12H,2-7,11H2,1H3;2-3H2,1H3,(H,4,5,6). The third-order valence-corrected chi connectivity index (χ3v) is 5.00. The SMILES string of the molecule is CCCS(=O)(=O)O.CNC1CC(CN)(CC2CC2)C1. The molecule has 0 saturated heterocycles. The Morgan fingerprint density at radius 2 is 1.95 bits per heavy atom. The van der Waals surface area contributed by atoms with Crippen molar-refractivity contribution in [1.82, 2.24) is 5.32 Å². The first kappa shape index (κ1) is 16.9. The van der Waals surface area contributed by atoms with Crippen LogP contribution in [0.2, 0.25) is 0 Å². The van der Waals surface area contributed by atoms with Crippen molar-refractivity contribution < 1.29 is 13.0 Å². The molecule has 0 aromatic carbocycles. The molecule has 6 heteroatoms. The van der Waals surface area contributed by atoms with Crippen LogP contribution in [-0.4, -0.2) is 38.4 Å². The third-order valence-electron chi connectivity index (χ3n) is 4.08. The molecular formula is C13H28N2O3S. The number of nitrogens with one attached hydrogen (secondary N) is 1. The molecule has 0 bridgehead atoms. The number of rotatable bonds is 6. The first-order valence-corrected chi connectivity index (χ1v) is 8.77. The maximum Gasteiger partial charge on any atom is 0.264 e. The second kappa shape index (κ2) is 7.02. The van der Waals surface area contributed by atoms with Gasteiger partial charge in [-0.15, -0.1) is 0 Å². The smallest absolute Gasteiger partial charge is 0.264 e. The highest BCUT2D eigenvalue weighted by Crippen LogP contribution is 2.50. The molecule has 0 heterocycles. The summed E-state index contributed by atoms with van der Waals surface area (Å²) in [5.41, 5.74) is 6.37. The molecule has 0 aliphatic heterocycles. The van der Waals surface area contributed by atoms with Gasteiger partial charge in [-0.2, -0.15) is 8.42 Å². The van der Waals surface area contributed by atoms with Gasteiger partial charge in [-0.25, -0.2) is 0 Å². The van der Waals surface area contributed by atoms with Crippen molar-refractivity contribution in [2.75, 3.05) is 19.3 Å². The number of hydrogen-bond acceptors (Lipinski definition) is 4. The third kappa shape index (κ3) is 6.21. The van der Waals surface area contributed by atoms with E-state index in [-0.39, 0.29) is 5.75 Å². The second-order valence-corrected chi connectivity index (χ2v) is 7.60. The van der Waals surface area contributed by atoms with Crippen LogP contribution < -0.4 is 11.1 Å². The Morgan fingerprint density at radius 1 is 1.37 bits per heavy atom. The molecule has 19 heavy (non-hydrogen) atoms. The van der Waals surface area contributed by atoms with E-state index in [0.717, 1.165) is 18.5 Å². The van der Waals surface area contributed by atoms with Gasteiger partial charge >= 0.3 is 0 Å². The van der Waals surface area contributed by atoms with Crippen LogP contribution in [0.25, 0.3) is 0 Å². The molecule has 0 aromatic heterocycles. The van der Waals surface area contributed by atoms with Gasteiger partial charge in [-0.3, -0.25) is 4.55 Å². The normalized spacial score (nSPS) is 30.2. The van der Waals surface area contributed by atoms with E-state index >= 15 is 0 Å². The predicted molar refractivity (Wildman–Crippen MR) is 77.6 cm³/mol. The van der Waals surface area contributed by atoms with Crippen molar-refractivity contribution in [2.45, 2.75) is 51.5 Å². The van der Waals surface area contributed by atoms with Crippen molar-refractivity contribution in [3.8, 4) is 0 Å². The lowest BCUT2D eigenvalue weighted by atomic mass is 9.62. The van der Waals surface area contributed by atoms with Gasteiger partial charge in [0, 0.05) is 6.04 Å². The first-order valence-electron chi connectivity index (χ1n) is 7.16. The topological polar surface area (TPSA) is 92.4 Å². The Morgan fingerprint density at radius 3 is 2.21 bits per heavy atom. The van der Waals surface area contributed by atoms with Crippen LogP contribution in [-0.2, 0) is 10.1 Å². The summed E-state index contributed by atoms with van der Waals surface area (Å²) in [6, 6.07) is 0.757. The van der Waals surface area contributed by atoms with Gasteiger partial charge in [0.15, 0.2) is 0 Å². The lowest BCUT2D eigenvalue weighted by molar-refractivity contribution is 0.0784. The summed E-state index contributed by atoms with van der Waals surface area (Å²) < 4.78 is 27.6. The molecular weight excluding hydrogens is 264 g/mol. The molecule has 2 rings (SSSR count). The Hall–Kier alpha value is -0.170. The summed E-state index contributed by atoms with van der Waals surface area (Å²) in [7, 11) is -1.62. The zero-order valence-electron chi connectivity index (χ0n) is 12.1. The monoisotopic (exact) mass is 292 g/mol. The van der Waals surface area contributed by atoms with Crippen LogP contribution in [0.5, 0.6) is 0 Å². The van der Waals surface area contributed by atoms with E-state index in [1.165, 1.54) is 32.1 Å². The van der Waals surface area contributed by atoms with Crippen molar-refractivity contribution in [3.05, 3.63) is 0 Å². The minimum Gasteiger partial charge on any atom is -0.330 e. The van der Waals surface area contributed by atoms with E-state index in [1.807, 2.05) is 0 Å². The maximum absolute atomic E-state index is 9.79. The predicted octanol–water partition coefficient (Wildman–Crippen LogP) is 1.40. The first-order chi connectivity index (χ1) is 8.84. The van der Waals surface area contributed by atoms with E-state index in [4.69, 9.17) is 10.3 Å². The van der Waals surface area contributed by atoms with Crippen molar-refractivity contribution in [2.24, 2.45) is 17.1 Å². The van der Waals surface area contributed by atoms with E-state index in [9.17, 15) is 8.42 Å².